The Morgan fingerprint density at radius 1 is 1.50 bits per heavy atom. The lowest BCUT2D eigenvalue weighted by Crippen LogP contribution is -2.12. The van der Waals surface area contributed by atoms with E-state index in [9.17, 15) is 4.79 Å². The number of aromatic amines is 1. The van der Waals surface area contributed by atoms with Gasteiger partial charge >= 0.3 is 0 Å². The fourth-order valence-electron chi connectivity index (χ4n) is 1.42. The van der Waals surface area contributed by atoms with Crippen LogP contribution >= 0.6 is 23.1 Å². The number of nitrogens with one attached hydrogen (secondary N) is 1. The lowest BCUT2D eigenvalue weighted by molar-refractivity contribution is 0.855. The van der Waals surface area contributed by atoms with Crippen molar-refractivity contribution in [2.75, 3.05) is 0 Å². The molecule has 0 bridgehead atoms. The molecule has 0 spiro atoms. The zero-order valence-corrected chi connectivity index (χ0v) is 11.1. The van der Waals surface area contributed by atoms with Gasteiger partial charge in [0.15, 0.2) is 9.50 Å². The maximum Gasteiger partial charge on any atom is 0.275 e. The molecule has 3 rings (SSSR count). The molecule has 8 heteroatoms. The van der Waals surface area contributed by atoms with E-state index in [1.54, 1.807) is 6.20 Å². The van der Waals surface area contributed by atoms with Gasteiger partial charge in [-0.15, -0.1) is 5.10 Å². The monoisotopic (exact) mass is 279 g/mol. The SMILES string of the molecule is CCc1cnc(Sc2nn3c(=O)ccnc3s2)[nH]1. The largest absolute Gasteiger partial charge is 0.337 e. The summed E-state index contributed by atoms with van der Waals surface area (Å²) in [6, 6.07) is 1.39. The second-order valence-corrected chi connectivity index (χ2v) is 5.71. The van der Waals surface area contributed by atoms with Crippen molar-refractivity contribution in [2.24, 2.45) is 0 Å². The van der Waals surface area contributed by atoms with Gasteiger partial charge in [0.05, 0.1) is 0 Å². The molecule has 3 aromatic heterocycles. The van der Waals surface area contributed by atoms with Crippen molar-refractivity contribution >= 4 is 28.1 Å². The highest BCUT2D eigenvalue weighted by Gasteiger charge is 2.09. The van der Waals surface area contributed by atoms with Crippen LogP contribution in [-0.2, 0) is 6.42 Å². The Morgan fingerprint density at radius 2 is 2.39 bits per heavy atom. The van der Waals surface area contributed by atoms with Crippen LogP contribution < -0.4 is 5.56 Å². The van der Waals surface area contributed by atoms with Gasteiger partial charge in [0.2, 0.25) is 4.96 Å². The smallest absolute Gasteiger partial charge is 0.275 e. The number of aryl methyl sites for hydroxylation is 1. The van der Waals surface area contributed by atoms with E-state index in [1.165, 1.54) is 39.9 Å². The molecule has 0 aliphatic heterocycles. The first-order valence-electron chi connectivity index (χ1n) is 5.33. The van der Waals surface area contributed by atoms with Gasteiger partial charge in [-0.25, -0.2) is 9.97 Å². The number of imidazole rings is 1. The van der Waals surface area contributed by atoms with E-state index >= 15 is 0 Å². The van der Waals surface area contributed by atoms with Crippen LogP contribution in [-0.4, -0.2) is 24.6 Å². The predicted molar refractivity (Wildman–Crippen MR) is 69.2 cm³/mol. The Hall–Kier alpha value is -1.67. The van der Waals surface area contributed by atoms with Crippen molar-refractivity contribution in [2.45, 2.75) is 22.8 Å². The van der Waals surface area contributed by atoms with Gasteiger partial charge in [0.25, 0.3) is 5.56 Å². The summed E-state index contributed by atoms with van der Waals surface area (Å²) in [5.74, 6) is 0. The first kappa shape index (κ1) is 11.4. The molecule has 0 atom stereocenters. The molecule has 0 aliphatic carbocycles. The van der Waals surface area contributed by atoms with Crippen LogP contribution in [0.3, 0.4) is 0 Å². The fraction of sp³-hybridized carbons (Fsp3) is 0.200. The van der Waals surface area contributed by atoms with Gasteiger partial charge in [-0.1, -0.05) is 18.3 Å². The highest BCUT2D eigenvalue weighted by molar-refractivity contribution is 8.01. The molecule has 3 aromatic rings. The molecule has 18 heavy (non-hydrogen) atoms. The summed E-state index contributed by atoms with van der Waals surface area (Å²) < 4.78 is 2.04. The molecule has 0 aliphatic rings. The van der Waals surface area contributed by atoms with Gasteiger partial charge in [0, 0.05) is 24.2 Å². The average molecular weight is 279 g/mol. The van der Waals surface area contributed by atoms with E-state index < -0.39 is 0 Å². The highest BCUT2D eigenvalue weighted by atomic mass is 32.2. The van der Waals surface area contributed by atoms with Crippen molar-refractivity contribution in [1.82, 2.24) is 24.6 Å². The van der Waals surface area contributed by atoms with Crippen LogP contribution in [0.2, 0.25) is 0 Å². The second kappa shape index (κ2) is 4.54. The van der Waals surface area contributed by atoms with E-state index in [0.29, 0.717) is 4.96 Å². The Kier molecular flexibility index (Phi) is 2.88. The number of fused-ring (bicyclic) bond motifs is 1. The first-order chi connectivity index (χ1) is 8.76. The molecule has 92 valence electrons. The topological polar surface area (TPSA) is 75.9 Å². The average Bonchev–Trinajstić information content (AvgIpc) is 2.96. The van der Waals surface area contributed by atoms with Crippen molar-refractivity contribution < 1.29 is 0 Å². The van der Waals surface area contributed by atoms with E-state index in [1.807, 2.05) is 0 Å². The van der Waals surface area contributed by atoms with Gasteiger partial charge in [-0.05, 0) is 18.2 Å². The van der Waals surface area contributed by atoms with Gasteiger partial charge in [0.1, 0.15) is 0 Å². The summed E-state index contributed by atoms with van der Waals surface area (Å²) in [6.45, 7) is 2.06. The van der Waals surface area contributed by atoms with Crippen molar-refractivity contribution in [1.29, 1.82) is 0 Å². The molecule has 0 aromatic carbocycles. The fourth-order valence-corrected chi connectivity index (χ4v) is 3.23. The molecule has 3 heterocycles. The summed E-state index contributed by atoms with van der Waals surface area (Å²) in [5.41, 5.74) is 0.908. The Labute approximate surface area is 110 Å². The van der Waals surface area contributed by atoms with Crippen LogP contribution in [0, 0.1) is 0 Å². The third-order valence-corrected chi connectivity index (χ3v) is 4.20. The minimum Gasteiger partial charge on any atom is -0.337 e. The number of H-pyrrole nitrogens is 1. The first-order valence-corrected chi connectivity index (χ1v) is 6.96. The third kappa shape index (κ3) is 2.04. The number of nitrogens with zero attached hydrogens (tertiary/aromatic N) is 4. The zero-order valence-electron chi connectivity index (χ0n) is 9.45. The number of hydrogen-bond acceptors (Lipinski definition) is 6. The van der Waals surface area contributed by atoms with Crippen LogP contribution in [0.1, 0.15) is 12.6 Å². The quantitative estimate of drug-likeness (QED) is 0.788. The minimum atomic E-state index is -0.170. The molecule has 1 N–H and O–H groups in total. The summed E-state index contributed by atoms with van der Waals surface area (Å²) in [6.07, 6.45) is 4.21. The summed E-state index contributed by atoms with van der Waals surface area (Å²) in [5, 5.41) is 4.98. The molecular weight excluding hydrogens is 270 g/mol. The number of rotatable bonds is 3. The van der Waals surface area contributed by atoms with Gasteiger partial charge in [-0.3, -0.25) is 4.79 Å². The molecule has 0 unspecified atom stereocenters. The Morgan fingerprint density at radius 3 is 3.11 bits per heavy atom. The van der Waals surface area contributed by atoms with E-state index in [0.717, 1.165) is 21.6 Å². The zero-order chi connectivity index (χ0) is 12.5. The molecule has 6 nitrogen and oxygen atoms in total. The lowest BCUT2D eigenvalue weighted by atomic mass is 10.4. The van der Waals surface area contributed by atoms with Crippen molar-refractivity contribution in [3.63, 3.8) is 0 Å². The molecule has 0 amide bonds. The molecule has 0 fully saturated rings. The third-order valence-electron chi connectivity index (χ3n) is 2.32. The number of aromatic nitrogens is 5. The van der Waals surface area contributed by atoms with E-state index in [4.69, 9.17) is 0 Å². The van der Waals surface area contributed by atoms with Crippen LogP contribution in [0.25, 0.3) is 4.96 Å². The Bertz CT molecular complexity index is 744. The van der Waals surface area contributed by atoms with E-state index in [2.05, 4.69) is 27.0 Å². The summed E-state index contributed by atoms with van der Waals surface area (Å²) in [4.78, 5) is 23.6. The maximum atomic E-state index is 11.5. The summed E-state index contributed by atoms with van der Waals surface area (Å²) >= 11 is 2.77. The minimum absolute atomic E-state index is 0.170. The van der Waals surface area contributed by atoms with E-state index in [-0.39, 0.29) is 5.56 Å². The Balaban J connectivity index is 1.95. The number of hydrogen-bond donors (Lipinski definition) is 1. The van der Waals surface area contributed by atoms with Crippen LogP contribution in [0.5, 0.6) is 0 Å². The van der Waals surface area contributed by atoms with Crippen LogP contribution in [0.4, 0.5) is 0 Å². The predicted octanol–water partition coefficient (Wildman–Crippen LogP) is 1.59. The highest BCUT2D eigenvalue weighted by Crippen LogP contribution is 2.28. The van der Waals surface area contributed by atoms with Crippen LogP contribution in [0.15, 0.2) is 32.8 Å². The molecule has 0 saturated carbocycles. The standard InChI is InChI=1S/C10H9N5OS2/c1-2-6-5-12-8(13-6)17-10-14-15-7(16)3-4-11-9(15)18-10/h3-5H,2H2,1H3,(H,12,13). The van der Waals surface area contributed by atoms with Gasteiger partial charge in [-0.2, -0.15) is 4.52 Å². The normalized spacial score (nSPS) is 11.2. The molecule has 0 radical (unpaired) electrons. The maximum absolute atomic E-state index is 11.5. The van der Waals surface area contributed by atoms with Crippen molar-refractivity contribution in [3.8, 4) is 0 Å². The molecular formula is C10H9N5OS2. The summed E-state index contributed by atoms with van der Waals surface area (Å²) in [7, 11) is 0. The van der Waals surface area contributed by atoms with Crippen molar-refractivity contribution in [3.05, 3.63) is 34.5 Å². The lowest BCUT2D eigenvalue weighted by Gasteiger charge is -1.89. The second-order valence-electron chi connectivity index (χ2n) is 3.51. The van der Waals surface area contributed by atoms with Gasteiger partial charge < -0.3 is 4.98 Å². The molecule has 0 saturated heterocycles.